The van der Waals surface area contributed by atoms with E-state index in [2.05, 4.69) is 26.2 Å². The van der Waals surface area contributed by atoms with Crippen LogP contribution in [0.4, 0.5) is 0 Å². The molecule has 0 bridgehead atoms. The first kappa shape index (κ1) is 18.1. The Kier molecular flexibility index (Phi) is 8.13. The van der Waals surface area contributed by atoms with Crippen molar-refractivity contribution in [2.45, 2.75) is 19.8 Å². The van der Waals surface area contributed by atoms with Gasteiger partial charge in [-0.25, -0.2) is 4.79 Å². The number of nitrogens with one attached hydrogen (secondary N) is 1. The quantitative estimate of drug-likeness (QED) is 0.548. The van der Waals surface area contributed by atoms with E-state index in [1.165, 1.54) is 12.4 Å². The maximum atomic E-state index is 11.7. The molecule has 0 aliphatic rings. The van der Waals surface area contributed by atoms with Gasteiger partial charge in [0.2, 0.25) is 0 Å². The summed E-state index contributed by atoms with van der Waals surface area (Å²) in [5.74, 6) is -1.36. The SMILES string of the molecule is CCOC(=O)CCCNC(=O)COC(=O)c1cncc(Br)c1. The number of ether oxygens (including phenoxy) is 2. The summed E-state index contributed by atoms with van der Waals surface area (Å²) in [7, 11) is 0. The number of esters is 2. The third-order valence-corrected chi connectivity index (χ3v) is 2.89. The Bertz CT molecular complexity index is 536. The van der Waals surface area contributed by atoms with Gasteiger partial charge in [0.15, 0.2) is 6.61 Å². The summed E-state index contributed by atoms with van der Waals surface area (Å²) in [5.41, 5.74) is 0.254. The molecular formula is C14H17BrN2O5. The molecule has 120 valence electrons. The van der Waals surface area contributed by atoms with Crippen LogP contribution in [0.15, 0.2) is 22.9 Å². The molecule has 1 aromatic rings. The van der Waals surface area contributed by atoms with Gasteiger partial charge in [-0.3, -0.25) is 14.6 Å². The minimum absolute atomic E-state index is 0.234. The zero-order chi connectivity index (χ0) is 16.4. The zero-order valence-corrected chi connectivity index (χ0v) is 13.7. The predicted octanol–water partition coefficient (Wildman–Crippen LogP) is 1.46. The van der Waals surface area contributed by atoms with Crippen molar-refractivity contribution < 1.29 is 23.9 Å². The van der Waals surface area contributed by atoms with Gasteiger partial charge in [-0.05, 0) is 35.3 Å². The lowest BCUT2D eigenvalue weighted by Gasteiger charge is -2.06. The Labute approximate surface area is 136 Å². The third kappa shape index (κ3) is 7.16. The van der Waals surface area contributed by atoms with E-state index in [0.29, 0.717) is 24.0 Å². The molecule has 0 atom stereocenters. The Morgan fingerprint density at radius 1 is 1.27 bits per heavy atom. The van der Waals surface area contributed by atoms with E-state index in [0.717, 1.165) is 0 Å². The van der Waals surface area contributed by atoms with Crippen molar-refractivity contribution in [1.29, 1.82) is 0 Å². The maximum Gasteiger partial charge on any atom is 0.340 e. The van der Waals surface area contributed by atoms with Gasteiger partial charge in [-0.15, -0.1) is 0 Å². The monoisotopic (exact) mass is 372 g/mol. The summed E-state index contributed by atoms with van der Waals surface area (Å²) in [6.45, 7) is 2.00. The fourth-order valence-corrected chi connectivity index (χ4v) is 1.85. The molecule has 0 spiro atoms. The van der Waals surface area contributed by atoms with Gasteiger partial charge in [0.1, 0.15) is 0 Å². The average molecular weight is 373 g/mol. The first-order valence-electron chi connectivity index (χ1n) is 6.73. The van der Waals surface area contributed by atoms with Crippen molar-refractivity contribution in [2.75, 3.05) is 19.8 Å². The first-order chi connectivity index (χ1) is 10.5. The van der Waals surface area contributed by atoms with Crippen LogP contribution in [0, 0.1) is 0 Å². The first-order valence-corrected chi connectivity index (χ1v) is 7.52. The molecule has 8 heteroatoms. The molecule has 1 rings (SSSR count). The normalized spacial score (nSPS) is 9.91. The summed E-state index contributed by atoms with van der Waals surface area (Å²) in [6.07, 6.45) is 3.59. The largest absolute Gasteiger partial charge is 0.466 e. The number of hydrogen-bond acceptors (Lipinski definition) is 6. The Balaban J connectivity index is 2.20. The minimum atomic E-state index is -0.629. The molecule has 0 saturated heterocycles. The fraction of sp³-hybridized carbons (Fsp3) is 0.429. The summed E-state index contributed by atoms with van der Waals surface area (Å²) in [4.78, 5) is 38.1. The number of nitrogens with zero attached hydrogens (tertiary/aromatic N) is 1. The molecule has 22 heavy (non-hydrogen) atoms. The van der Waals surface area contributed by atoms with E-state index >= 15 is 0 Å². The van der Waals surface area contributed by atoms with Crippen LogP contribution in [-0.2, 0) is 19.1 Å². The molecule has 0 radical (unpaired) electrons. The number of carbonyl (C=O) groups is 3. The van der Waals surface area contributed by atoms with Gasteiger partial charge < -0.3 is 14.8 Å². The number of hydrogen-bond donors (Lipinski definition) is 1. The van der Waals surface area contributed by atoms with Gasteiger partial charge >= 0.3 is 11.9 Å². The second kappa shape index (κ2) is 9.88. The molecule has 0 aliphatic heterocycles. The van der Waals surface area contributed by atoms with Crippen LogP contribution >= 0.6 is 15.9 Å². The molecule has 1 amide bonds. The molecule has 1 N–H and O–H groups in total. The standard InChI is InChI=1S/C14H17BrN2O5/c1-2-21-13(19)4-3-5-17-12(18)9-22-14(20)10-6-11(15)8-16-7-10/h6-8H,2-5,9H2,1H3,(H,17,18). The van der Waals surface area contributed by atoms with E-state index in [4.69, 9.17) is 9.47 Å². The van der Waals surface area contributed by atoms with E-state index in [-0.39, 0.29) is 24.6 Å². The number of amides is 1. The number of aromatic nitrogens is 1. The lowest BCUT2D eigenvalue weighted by molar-refractivity contribution is -0.143. The molecule has 0 fully saturated rings. The lowest BCUT2D eigenvalue weighted by atomic mass is 10.3. The summed E-state index contributed by atoms with van der Waals surface area (Å²) in [5, 5.41) is 2.55. The molecular weight excluding hydrogens is 356 g/mol. The smallest absolute Gasteiger partial charge is 0.340 e. The molecule has 1 aromatic heterocycles. The molecule has 0 aromatic carbocycles. The van der Waals surface area contributed by atoms with Crippen LogP contribution in [0.25, 0.3) is 0 Å². The Morgan fingerprint density at radius 3 is 2.73 bits per heavy atom. The molecule has 7 nitrogen and oxygen atoms in total. The van der Waals surface area contributed by atoms with Crippen LogP contribution in [0.1, 0.15) is 30.1 Å². The molecule has 0 saturated carbocycles. The molecule has 0 aliphatic carbocycles. The lowest BCUT2D eigenvalue weighted by Crippen LogP contribution is -2.30. The summed E-state index contributed by atoms with van der Waals surface area (Å²) < 4.78 is 10.3. The van der Waals surface area contributed by atoms with Crippen LogP contribution in [-0.4, -0.2) is 42.6 Å². The van der Waals surface area contributed by atoms with E-state index in [1.807, 2.05) is 0 Å². The third-order valence-electron chi connectivity index (χ3n) is 2.46. The van der Waals surface area contributed by atoms with Crippen molar-refractivity contribution in [2.24, 2.45) is 0 Å². The Hall–Kier alpha value is -1.96. The Morgan fingerprint density at radius 2 is 2.05 bits per heavy atom. The molecule has 0 unspecified atom stereocenters. The topological polar surface area (TPSA) is 94.6 Å². The maximum absolute atomic E-state index is 11.7. The van der Waals surface area contributed by atoms with E-state index < -0.39 is 11.9 Å². The van der Waals surface area contributed by atoms with Gasteiger partial charge in [0, 0.05) is 29.8 Å². The number of rotatable bonds is 8. The fourth-order valence-electron chi connectivity index (χ4n) is 1.48. The second-order valence-electron chi connectivity index (χ2n) is 4.23. The minimum Gasteiger partial charge on any atom is -0.466 e. The highest BCUT2D eigenvalue weighted by atomic mass is 79.9. The van der Waals surface area contributed by atoms with Gasteiger partial charge in [-0.2, -0.15) is 0 Å². The number of halogens is 1. The highest BCUT2D eigenvalue weighted by Gasteiger charge is 2.11. The summed E-state index contributed by atoms with van der Waals surface area (Å²) >= 11 is 3.19. The summed E-state index contributed by atoms with van der Waals surface area (Å²) in [6, 6.07) is 1.55. The van der Waals surface area contributed by atoms with Gasteiger partial charge in [-0.1, -0.05) is 0 Å². The highest BCUT2D eigenvalue weighted by Crippen LogP contribution is 2.10. The van der Waals surface area contributed by atoms with Crippen molar-refractivity contribution in [1.82, 2.24) is 10.3 Å². The highest BCUT2D eigenvalue weighted by molar-refractivity contribution is 9.10. The van der Waals surface area contributed by atoms with E-state index in [9.17, 15) is 14.4 Å². The van der Waals surface area contributed by atoms with E-state index in [1.54, 1.807) is 13.0 Å². The van der Waals surface area contributed by atoms with Crippen molar-refractivity contribution in [3.05, 3.63) is 28.5 Å². The van der Waals surface area contributed by atoms with Crippen LogP contribution in [0.2, 0.25) is 0 Å². The molecule has 1 heterocycles. The number of pyridine rings is 1. The zero-order valence-electron chi connectivity index (χ0n) is 12.1. The average Bonchev–Trinajstić information content (AvgIpc) is 2.49. The number of carbonyl (C=O) groups excluding carboxylic acids is 3. The van der Waals surface area contributed by atoms with Crippen molar-refractivity contribution in [3.8, 4) is 0 Å². The van der Waals surface area contributed by atoms with Crippen LogP contribution in [0.3, 0.4) is 0 Å². The van der Waals surface area contributed by atoms with Crippen LogP contribution in [0.5, 0.6) is 0 Å². The van der Waals surface area contributed by atoms with Crippen molar-refractivity contribution in [3.63, 3.8) is 0 Å². The van der Waals surface area contributed by atoms with Crippen molar-refractivity contribution >= 4 is 33.8 Å². The second-order valence-corrected chi connectivity index (χ2v) is 5.14. The van der Waals surface area contributed by atoms with Crippen LogP contribution < -0.4 is 5.32 Å². The van der Waals surface area contributed by atoms with Gasteiger partial charge in [0.05, 0.1) is 12.2 Å². The predicted molar refractivity (Wildman–Crippen MR) is 81.1 cm³/mol. The van der Waals surface area contributed by atoms with Gasteiger partial charge in [0.25, 0.3) is 5.91 Å².